The van der Waals surface area contributed by atoms with E-state index in [1.807, 2.05) is 13.8 Å². The first kappa shape index (κ1) is 13.2. The van der Waals surface area contributed by atoms with Crippen LogP contribution in [0.15, 0.2) is 10.9 Å². The van der Waals surface area contributed by atoms with E-state index in [-0.39, 0.29) is 11.6 Å². The van der Waals surface area contributed by atoms with Gasteiger partial charge in [0.1, 0.15) is 0 Å². The van der Waals surface area contributed by atoms with E-state index in [9.17, 15) is 4.79 Å². The Bertz CT molecular complexity index is 595. The molecule has 4 nitrogen and oxygen atoms in total. The Balaban J connectivity index is 2.66. The van der Waals surface area contributed by atoms with Crippen molar-refractivity contribution < 1.29 is 0 Å². The van der Waals surface area contributed by atoms with Crippen molar-refractivity contribution in [3.8, 4) is 0 Å². The summed E-state index contributed by atoms with van der Waals surface area (Å²) < 4.78 is 3.75. The van der Waals surface area contributed by atoms with Crippen LogP contribution < -0.4 is 5.56 Å². The summed E-state index contributed by atoms with van der Waals surface area (Å²) in [6.07, 6.45) is 6.45. The Labute approximate surface area is 112 Å². The molecule has 0 saturated heterocycles. The molecule has 0 bridgehead atoms. The van der Waals surface area contributed by atoms with Crippen molar-refractivity contribution in [2.24, 2.45) is 7.05 Å². The second kappa shape index (κ2) is 5.18. The van der Waals surface area contributed by atoms with Crippen LogP contribution in [0.2, 0.25) is 0 Å². The minimum atomic E-state index is -0.0544. The molecular formula is C13H19N3OS. The summed E-state index contributed by atoms with van der Waals surface area (Å²) in [5, 5.41) is 4.35. The third-order valence-electron chi connectivity index (χ3n) is 3.27. The van der Waals surface area contributed by atoms with Crippen LogP contribution in [0.25, 0.3) is 5.57 Å². The number of aromatic nitrogens is 3. The maximum absolute atomic E-state index is 12.5. The lowest BCUT2D eigenvalue weighted by Gasteiger charge is -2.17. The highest BCUT2D eigenvalue weighted by molar-refractivity contribution is 7.71. The van der Waals surface area contributed by atoms with Gasteiger partial charge in [0, 0.05) is 13.1 Å². The Morgan fingerprint density at radius 2 is 2.11 bits per heavy atom. The highest BCUT2D eigenvalue weighted by atomic mass is 32.1. The largest absolute Gasteiger partial charge is 0.281 e. The van der Waals surface area contributed by atoms with E-state index < -0.39 is 0 Å². The van der Waals surface area contributed by atoms with Gasteiger partial charge in [-0.3, -0.25) is 9.36 Å². The zero-order chi connectivity index (χ0) is 13.3. The molecule has 0 aromatic carbocycles. The van der Waals surface area contributed by atoms with Crippen LogP contribution in [0, 0.1) is 4.77 Å². The lowest BCUT2D eigenvalue weighted by Crippen LogP contribution is -2.31. The van der Waals surface area contributed by atoms with Gasteiger partial charge in [0.05, 0.1) is 0 Å². The number of hydrogen-bond acceptors (Lipinski definition) is 3. The number of nitrogens with zero attached hydrogens (tertiary/aromatic N) is 3. The highest BCUT2D eigenvalue weighted by Gasteiger charge is 2.16. The smallest absolute Gasteiger partial charge is 0.280 e. The van der Waals surface area contributed by atoms with Crippen LogP contribution >= 0.6 is 12.2 Å². The molecule has 18 heavy (non-hydrogen) atoms. The molecule has 0 unspecified atom stereocenters. The monoisotopic (exact) mass is 265 g/mol. The molecule has 0 amide bonds. The van der Waals surface area contributed by atoms with Crippen molar-refractivity contribution in [3.63, 3.8) is 0 Å². The summed E-state index contributed by atoms with van der Waals surface area (Å²) in [5.41, 5.74) is 1.59. The van der Waals surface area contributed by atoms with Crippen LogP contribution in [0.3, 0.4) is 0 Å². The van der Waals surface area contributed by atoms with Crippen LogP contribution in [0.1, 0.15) is 51.3 Å². The number of rotatable bonds is 2. The van der Waals surface area contributed by atoms with Crippen LogP contribution in [0.4, 0.5) is 0 Å². The maximum Gasteiger partial charge on any atom is 0.281 e. The predicted octanol–water partition coefficient (Wildman–Crippen LogP) is 2.85. The summed E-state index contributed by atoms with van der Waals surface area (Å²) in [6, 6.07) is 0.0575. The van der Waals surface area contributed by atoms with Crippen LogP contribution in [0.5, 0.6) is 0 Å². The van der Waals surface area contributed by atoms with E-state index in [0.717, 1.165) is 24.8 Å². The molecule has 5 heteroatoms. The third-order valence-corrected chi connectivity index (χ3v) is 3.73. The SMILES string of the molecule is CC(C)n1c(=O)c(C2=CCCCC2)nn(C)c1=S. The molecule has 98 valence electrons. The molecule has 1 aliphatic rings. The van der Waals surface area contributed by atoms with Gasteiger partial charge < -0.3 is 0 Å². The van der Waals surface area contributed by atoms with E-state index in [4.69, 9.17) is 12.2 Å². The first-order chi connectivity index (χ1) is 8.52. The van der Waals surface area contributed by atoms with E-state index in [1.165, 1.54) is 6.42 Å². The van der Waals surface area contributed by atoms with Gasteiger partial charge in [0.15, 0.2) is 10.5 Å². The fourth-order valence-corrected chi connectivity index (χ4v) is 2.64. The second-order valence-electron chi connectivity index (χ2n) is 5.00. The Morgan fingerprint density at radius 1 is 1.39 bits per heavy atom. The number of allylic oxidation sites excluding steroid dienone is 2. The summed E-state index contributed by atoms with van der Waals surface area (Å²) >= 11 is 5.26. The normalized spacial score (nSPS) is 15.9. The van der Waals surface area contributed by atoms with Crippen molar-refractivity contribution in [2.45, 2.75) is 45.6 Å². The lowest BCUT2D eigenvalue weighted by atomic mass is 9.97. The predicted molar refractivity (Wildman–Crippen MR) is 75.1 cm³/mol. The summed E-state index contributed by atoms with van der Waals surface area (Å²) in [6.45, 7) is 3.94. The highest BCUT2D eigenvalue weighted by Crippen LogP contribution is 2.23. The first-order valence-corrected chi connectivity index (χ1v) is 6.82. The third kappa shape index (κ3) is 2.32. The summed E-state index contributed by atoms with van der Waals surface area (Å²) in [5.74, 6) is 0. The number of hydrogen-bond donors (Lipinski definition) is 0. The molecule has 1 heterocycles. The molecule has 0 aliphatic heterocycles. The average molecular weight is 265 g/mol. The fourth-order valence-electron chi connectivity index (χ4n) is 2.30. The van der Waals surface area contributed by atoms with Gasteiger partial charge in [-0.1, -0.05) is 6.08 Å². The maximum atomic E-state index is 12.5. The molecule has 0 radical (unpaired) electrons. The zero-order valence-corrected chi connectivity index (χ0v) is 12.0. The fraction of sp³-hybridized carbons (Fsp3) is 0.615. The summed E-state index contributed by atoms with van der Waals surface area (Å²) in [4.78, 5) is 12.5. The van der Waals surface area contributed by atoms with Crippen molar-refractivity contribution in [1.82, 2.24) is 14.3 Å². The lowest BCUT2D eigenvalue weighted by molar-refractivity contribution is 0.506. The molecule has 0 N–H and O–H groups in total. The first-order valence-electron chi connectivity index (χ1n) is 6.41. The Hall–Kier alpha value is -1.23. The van der Waals surface area contributed by atoms with Gasteiger partial charge in [-0.2, -0.15) is 5.10 Å². The van der Waals surface area contributed by atoms with Gasteiger partial charge in [-0.15, -0.1) is 0 Å². The topological polar surface area (TPSA) is 39.8 Å². The molecule has 1 aromatic heterocycles. The Morgan fingerprint density at radius 3 is 2.67 bits per heavy atom. The standard InChI is InChI=1S/C13H19N3OS/c1-9(2)16-12(17)11(14-15(3)13(16)18)10-7-5-4-6-8-10/h7,9H,4-6,8H2,1-3H3. The molecule has 0 fully saturated rings. The van der Waals surface area contributed by atoms with E-state index in [0.29, 0.717) is 10.5 Å². The summed E-state index contributed by atoms with van der Waals surface area (Å²) in [7, 11) is 1.80. The molecule has 1 aromatic rings. The molecule has 2 rings (SSSR count). The van der Waals surface area contributed by atoms with Crippen molar-refractivity contribution >= 4 is 17.8 Å². The molecule has 1 aliphatic carbocycles. The Kier molecular flexibility index (Phi) is 3.80. The van der Waals surface area contributed by atoms with Crippen molar-refractivity contribution in [2.75, 3.05) is 0 Å². The van der Waals surface area contributed by atoms with E-state index >= 15 is 0 Å². The van der Waals surface area contributed by atoms with Crippen LogP contribution in [-0.4, -0.2) is 14.3 Å². The van der Waals surface area contributed by atoms with E-state index in [2.05, 4.69) is 11.2 Å². The van der Waals surface area contributed by atoms with Gasteiger partial charge in [-0.25, -0.2) is 4.68 Å². The molecule has 0 saturated carbocycles. The number of aryl methyl sites for hydroxylation is 1. The quantitative estimate of drug-likeness (QED) is 0.772. The average Bonchev–Trinajstić information content (AvgIpc) is 2.34. The van der Waals surface area contributed by atoms with Crippen molar-refractivity contribution in [3.05, 3.63) is 26.9 Å². The van der Waals surface area contributed by atoms with Gasteiger partial charge in [-0.05, 0) is 57.3 Å². The van der Waals surface area contributed by atoms with Crippen LogP contribution in [-0.2, 0) is 7.05 Å². The van der Waals surface area contributed by atoms with Crippen molar-refractivity contribution in [1.29, 1.82) is 0 Å². The molecular weight excluding hydrogens is 246 g/mol. The van der Waals surface area contributed by atoms with Gasteiger partial charge in [0.2, 0.25) is 0 Å². The van der Waals surface area contributed by atoms with Gasteiger partial charge in [0.25, 0.3) is 5.56 Å². The second-order valence-corrected chi connectivity index (χ2v) is 5.36. The van der Waals surface area contributed by atoms with Gasteiger partial charge >= 0.3 is 0 Å². The minimum absolute atomic E-state index is 0.0544. The molecule has 0 atom stereocenters. The minimum Gasteiger partial charge on any atom is -0.280 e. The molecule has 0 spiro atoms. The zero-order valence-electron chi connectivity index (χ0n) is 11.1. The van der Waals surface area contributed by atoms with E-state index in [1.54, 1.807) is 16.3 Å².